The van der Waals surface area contributed by atoms with E-state index >= 15 is 0 Å². The second-order valence-electron chi connectivity index (χ2n) is 4.88. The standard InChI is InChI=1S/C11H20N2S/c1-8(2)10-13-9(6-14-10)5-11(3,4)7-12/h6,8H,5,7,12H2,1-4H3. The minimum absolute atomic E-state index is 0.169. The van der Waals surface area contributed by atoms with Crippen LogP contribution in [-0.2, 0) is 6.42 Å². The first-order chi connectivity index (χ1) is 6.44. The summed E-state index contributed by atoms with van der Waals surface area (Å²) < 4.78 is 0. The highest BCUT2D eigenvalue weighted by Gasteiger charge is 2.18. The summed E-state index contributed by atoms with van der Waals surface area (Å²) in [5.41, 5.74) is 7.05. The van der Waals surface area contributed by atoms with Gasteiger partial charge in [-0.15, -0.1) is 11.3 Å². The zero-order valence-electron chi connectivity index (χ0n) is 9.50. The van der Waals surface area contributed by atoms with E-state index in [-0.39, 0.29) is 5.41 Å². The average Bonchev–Trinajstić information content (AvgIpc) is 2.52. The molecule has 1 rings (SSSR count). The maximum atomic E-state index is 5.70. The van der Waals surface area contributed by atoms with Crippen LogP contribution in [-0.4, -0.2) is 11.5 Å². The third-order valence-corrected chi connectivity index (χ3v) is 3.47. The quantitative estimate of drug-likeness (QED) is 0.833. The zero-order chi connectivity index (χ0) is 10.8. The second-order valence-corrected chi connectivity index (χ2v) is 5.77. The first-order valence-electron chi connectivity index (χ1n) is 5.09. The molecule has 0 atom stereocenters. The summed E-state index contributed by atoms with van der Waals surface area (Å²) in [6.45, 7) is 9.43. The number of aromatic nitrogens is 1. The molecule has 14 heavy (non-hydrogen) atoms. The van der Waals surface area contributed by atoms with Gasteiger partial charge in [0.1, 0.15) is 0 Å². The molecule has 3 heteroatoms. The molecule has 0 bridgehead atoms. The molecule has 0 aromatic carbocycles. The summed E-state index contributed by atoms with van der Waals surface area (Å²) in [4.78, 5) is 4.61. The van der Waals surface area contributed by atoms with Gasteiger partial charge in [-0.05, 0) is 18.4 Å². The smallest absolute Gasteiger partial charge is 0.0953 e. The topological polar surface area (TPSA) is 38.9 Å². The van der Waals surface area contributed by atoms with Crippen LogP contribution in [0, 0.1) is 5.41 Å². The lowest BCUT2D eigenvalue weighted by Gasteiger charge is -2.20. The number of hydrogen-bond donors (Lipinski definition) is 1. The van der Waals surface area contributed by atoms with Gasteiger partial charge >= 0.3 is 0 Å². The predicted molar refractivity (Wildman–Crippen MR) is 62.7 cm³/mol. The summed E-state index contributed by atoms with van der Waals surface area (Å²) in [5.74, 6) is 0.537. The van der Waals surface area contributed by atoms with Crippen LogP contribution < -0.4 is 5.73 Å². The van der Waals surface area contributed by atoms with E-state index in [4.69, 9.17) is 5.73 Å². The molecule has 0 saturated carbocycles. The van der Waals surface area contributed by atoms with Gasteiger partial charge in [-0.25, -0.2) is 4.98 Å². The summed E-state index contributed by atoms with van der Waals surface area (Å²) in [6.07, 6.45) is 0.979. The van der Waals surface area contributed by atoms with E-state index in [9.17, 15) is 0 Å². The van der Waals surface area contributed by atoms with E-state index in [0.717, 1.165) is 6.42 Å². The molecule has 2 N–H and O–H groups in total. The van der Waals surface area contributed by atoms with Gasteiger partial charge in [-0.3, -0.25) is 0 Å². The number of hydrogen-bond acceptors (Lipinski definition) is 3. The Morgan fingerprint density at radius 1 is 1.50 bits per heavy atom. The van der Waals surface area contributed by atoms with Gasteiger partial charge in [0, 0.05) is 11.3 Å². The lowest BCUT2D eigenvalue weighted by atomic mass is 9.88. The van der Waals surface area contributed by atoms with Crippen LogP contribution >= 0.6 is 11.3 Å². The Hall–Kier alpha value is -0.410. The summed E-state index contributed by atoms with van der Waals surface area (Å²) in [7, 11) is 0. The van der Waals surface area contributed by atoms with Crippen LogP contribution in [0.15, 0.2) is 5.38 Å². The molecule has 80 valence electrons. The van der Waals surface area contributed by atoms with Gasteiger partial charge in [0.15, 0.2) is 0 Å². The van der Waals surface area contributed by atoms with Crippen molar-refractivity contribution in [1.82, 2.24) is 4.98 Å². The molecule has 1 aromatic heterocycles. The minimum Gasteiger partial charge on any atom is -0.330 e. The van der Waals surface area contributed by atoms with Crippen molar-refractivity contribution < 1.29 is 0 Å². The Morgan fingerprint density at radius 3 is 2.57 bits per heavy atom. The van der Waals surface area contributed by atoms with Crippen LogP contribution in [0.25, 0.3) is 0 Å². The number of nitrogens with zero attached hydrogens (tertiary/aromatic N) is 1. The molecule has 0 aliphatic rings. The first kappa shape index (κ1) is 11.7. The van der Waals surface area contributed by atoms with E-state index in [1.807, 2.05) is 0 Å². The van der Waals surface area contributed by atoms with Gasteiger partial charge in [-0.1, -0.05) is 27.7 Å². The normalized spacial score (nSPS) is 12.4. The summed E-state index contributed by atoms with van der Waals surface area (Å²) in [6, 6.07) is 0. The van der Waals surface area contributed by atoms with E-state index < -0.39 is 0 Å². The van der Waals surface area contributed by atoms with E-state index in [1.54, 1.807) is 11.3 Å². The van der Waals surface area contributed by atoms with Gasteiger partial charge in [-0.2, -0.15) is 0 Å². The van der Waals surface area contributed by atoms with Crippen LogP contribution in [0.3, 0.4) is 0 Å². The highest BCUT2D eigenvalue weighted by atomic mass is 32.1. The molecular formula is C11H20N2S. The number of rotatable bonds is 4. The van der Waals surface area contributed by atoms with Crippen molar-refractivity contribution >= 4 is 11.3 Å². The zero-order valence-corrected chi connectivity index (χ0v) is 10.3. The first-order valence-corrected chi connectivity index (χ1v) is 5.97. The van der Waals surface area contributed by atoms with Crippen molar-refractivity contribution in [1.29, 1.82) is 0 Å². The van der Waals surface area contributed by atoms with Crippen LogP contribution in [0.4, 0.5) is 0 Å². The third-order valence-electron chi connectivity index (χ3n) is 2.28. The SMILES string of the molecule is CC(C)c1nc(CC(C)(C)CN)cs1. The summed E-state index contributed by atoms with van der Waals surface area (Å²) in [5, 5.41) is 3.39. The maximum absolute atomic E-state index is 5.70. The Bertz CT molecular complexity index is 289. The van der Waals surface area contributed by atoms with Crippen molar-refractivity contribution in [2.75, 3.05) is 6.54 Å². The Morgan fingerprint density at radius 2 is 2.14 bits per heavy atom. The molecule has 0 amide bonds. The van der Waals surface area contributed by atoms with Crippen molar-refractivity contribution in [2.24, 2.45) is 11.1 Å². The van der Waals surface area contributed by atoms with Gasteiger partial charge < -0.3 is 5.73 Å². The van der Waals surface area contributed by atoms with Crippen molar-refractivity contribution in [3.63, 3.8) is 0 Å². The van der Waals surface area contributed by atoms with Gasteiger partial charge in [0.25, 0.3) is 0 Å². The predicted octanol–water partition coefficient (Wildman–Crippen LogP) is 2.79. The van der Waals surface area contributed by atoms with Crippen molar-refractivity contribution in [2.45, 2.75) is 40.0 Å². The molecule has 2 nitrogen and oxygen atoms in total. The highest BCUT2D eigenvalue weighted by Crippen LogP contribution is 2.24. The fraction of sp³-hybridized carbons (Fsp3) is 0.727. The van der Waals surface area contributed by atoms with Gasteiger partial charge in [0.05, 0.1) is 10.7 Å². The average molecular weight is 212 g/mol. The molecule has 1 aromatic rings. The lowest BCUT2D eigenvalue weighted by molar-refractivity contribution is 0.373. The number of nitrogens with two attached hydrogens (primary N) is 1. The Balaban J connectivity index is 2.69. The van der Waals surface area contributed by atoms with Gasteiger partial charge in [0.2, 0.25) is 0 Å². The van der Waals surface area contributed by atoms with E-state index in [0.29, 0.717) is 12.5 Å². The maximum Gasteiger partial charge on any atom is 0.0953 e. The molecule has 0 unspecified atom stereocenters. The molecule has 0 aliphatic heterocycles. The number of thiazole rings is 1. The molecule has 0 saturated heterocycles. The molecular weight excluding hydrogens is 192 g/mol. The van der Waals surface area contributed by atoms with Crippen LogP contribution in [0.5, 0.6) is 0 Å². The third kappa shape index (κ3) is 3.07. The van der Waals surface area contributed by atoms with Crippen molar-refractivity contribution in [3.05, 3.63) is 16.1 Å². The molecule has 0 radical (unpaired) electrons. The lowest BCUT2D eigenvalue weighted by Crippen LogP contribution is -2.26. The summed E-state index contributed by atoms with van der Waals surface area (Å²) >= 11 is 1.76. The van der Waals surface area contributed by atoms with Crippen molar-refractivity contribution in [3.8, 4) is 0 Å². The highest BCUT2D eigenvalue weighted by molar-refractivity contribution is 7.09. The second kappa shape index (κ2) is 4.41. The monoisotopic (exact) mass is 212 g/mol. The Kier molecular flexibility index (Phi) is 3.67. The van der Waals surface area contributed by atoms with Crippen LogP contribution in [0.2, 0.25) is 0 Å². The largest absolute Gasteiger partial charge is 0.330 e. The molecule has 0 fully saturated rings. The fourth-order valence-electron chi connectivity index (χ4n) is 1.23. The molecule has 1 heterocycles. The minimum atomic E-state index is 0.169. The van der Waals surface area contributed by atoms with Crippen LogP contribution in [0.1, 0.15) is 44.3 Å². The fourth-order valence-corrected chi connectivity index (χ4v) is 2.07. The van der Waals surface area contributed by atoms with E-state index in [2.05, 4.69) is 38.1 Å². The molecule has 0 spiro atoms. The Labute approximate surface area is 90.6 Å². The van der Waals surface area contributed by atoms with E-state index in [1.165, 1.54) is 10.7 Å². The molecule has 0 aliphatic carbocycles.